The summed E-state index contributed by atoms with van der Waals surface area (Å²) in [6.45, 7) is 5.34. The van der Waals surface area contributed by atoms with Crippen LogP contribution in [0.4, 0.5) is 16.4 Å². The molecule has 3 N–H and O–H groups in total. The van der Waals surface area contributed by atoms with Crippen molar-refractivity contribution in [3.63, 3.8) is 0 Å². The highest BCUT2D eigenvalue weighted by Crippen LogP contribution is 2.25. The lowest BCUT2D eigenvalue weighted by Gasteiger charge is -2.20. The van der Waals surface area contributed by atoms with Gasteiger partial charge in [0.25, 0.3) is 0 Å². The Morgan fingerprint density at radius 3 is 2.37 bits per heavy atom. The van der Waals surface area contributed by atoms with Crippen molar-refractivity contribution in [3.8, 4) is 11.3 Å². The molecule has 0 saturated carbocycles. The predicted octanol–water partition coefficient (Wildman–Crippen LogP) is 4.57. The number of carbonyl (C=O) groups excluding carboxylic acids is 2. The fourth-order valence-corrected chi connectivity index (χ4v) is 2.71. The number of rotatable bonds is 4. The van der Waals surface area contributed by atoms with Crippen molar-refractivity contribution in [2.45, 2.75) is 26.4 Å². The number of amides is 1. The van der Waals surface area contributed by atoms with Gasteiger partial charge in [-0.2, -0.15) is 0 Å². The Morgan fingerprint density at radius 2 is 1.73 bits per heavy atom. The van der Waals surface area contributed by atoms with Crippen molar-refractivity contribution >= 4 is 29.7 Å². The average Bonchev–Trinajstić information content (AvgIpc) is 3.08. The predicted molar refractivity (Wildman–Crippen MR) is 118 cm³/mol. The van der Waals surface area contributed by atoms with Gasteiger partial charge in [-0.3, -0.25) is 4.79 Å². The van der Waals surface area contributed by atoms with E-state index in [-0.39, 0.29) is 11.9 Å². The van der Waals surface area contributed by atoms with Gasteiger partial charge >= 0.3 is 6.09 Å². The summed E-state index contributed by atoms with van der Waals surface area (Å²) in [5, 5.41) is 2.80. The second-order valence-electron chi connectivity index (χ2n) is 7.63. The molecule has 0 fully saturated rings. The van der Waals surface area contributed by atoms with E-state index in [1.807, 2.05) is 30.3 Å². The summed E-state index contributed by atoms with van der Waals surface area (Å²) >= 11 is 0. The molecule has 30 heavy (non-hydrogen) atoms. The number of imidazole rings is 1. The zero-order chi connectivity index (χ0) is 21.7. The minimum Gasteiger partial charge on any atom is -0.443 e. The van der Waals surface area contributed by atoms with Gasteiger partial charge in [-0.15, -0.1) is 0 Å². The maximum Gasteiger partial charge on any atom is 0.421 e. The van der Waals surface area contributed by atoms with E-state index in [0.717, 1.165) is 5.56 Å². The molecule has 3 rings (SSSR count). The normalized spacial score (nSPS) is 11.4. The number of hydrogen-bond acceptors (Lipinski definition) is 5. The van der Waals surface area contributed by atoms with Gasteiger partial charge in [-0.05, 0) is 44.5 Å². The molecule has 0 bridgehead atoms. The number of anilines is 2. The zero-order valence-electron chi connectivity index (χ0n) is 17.1. The molecule has 0 unspecified atom stereocenters. The first kappa shape index (κ1) is 20.9. The number of aromatic nitrogens is 2. The van der Waals surface area contributed by atoms with Gasteiger partial charge < -0.3 is 15.8 Å². The van der Waals surface area contributed by atoms with Crippen LogP contribution in [0.2, 0.25) is 0 Å². The summed E-state index contributed by atoms with van der Waals surface area (Å²) in [5.74, 6) is -0.197. The van der Waals surface area contributed by atoms with Crippen molar-refractivity contribution in [3.05, 3.63) is 72.4 Å². The second kappa shape index (κ2) is 8.65. The van der Waals surface area contributed by atoms with Crippen molar-refractivity contribution < 1.29 is 14.3 Å². The lowest BCUT2D eigenvalue weighted by Crippen LogP contribution is -2.28. The van der Waals surface area contributed by atoms with Gasteiger partial charge in [0, 0.05) is 17.3 Å². The molecular formula is C23H24N4O3. The maximum absolute atomic E-state index is 12.5. The van der Waals surface area contributed by atoms with Gasteiger partial charge in [-0.1, -0.05) is 42.5 Å². The molecule has 0 spiro atoms. The largest absolute Gasteiger partial charge is 0.443 e. The van der Waals surface area contributed by atoms with Crippen LogP contribution in [0.25, 0.3) is 17.3 Å². The molecule has 0 saturated heterocycles. The fourth-order valence-electron chi connectivity index (χ4n) is 2.71. The summed E-state index contributed by atoms with van der Waals surface area (Å²) in [6, 6.07) is 16.6. The topological polar surface area (TPSA) is 99.2 Å². The van der Waals surface area contributed by atoms with Crippen LogP contribution in [0.3, 0.4) is 0 Å². The molecule has 0 radical (unpaired) electrons. The second-order valence-corrected chi connectivity index (χ2v) is 7.63. The molecule has 3 aromatic rings. The van der Waals surface area contributed by atoms with Crippen LogP contribution < -0.4 is 11.1 Å². The summed E-state index contributed by atoms with van der Waals surface area (Å²) in [4.78, 5) is 28.7. The maximum atomic E-state index is 12.5. The van der Waals surface area contributed by atoms with Crippen LogP contribution in [0.5, 0.6) is 0 Å². The van der Waals surface area contributed by atoms with Crippen LogP contribution in [0.1, 0.15) is 26.3 Å². The van der Waals surface area contributed by atoms with E-state index in [4.69, 9.17) is 10.5 Å². The summed E-state index contributed by atoms with van der Waals surface area (Å²) in [6.07, 6.45) is 4.12. The number of benzene rings is 2. The summed E-state index contributed by atoms with van der Waals surface area (Å²) in [7, 11) is 0. The van der Waals surface area contributed by atoms with Crippen molar-refractivity contribution in [2.75, 3.05) is 11.1 Å². The van der Waals surface area contributed by atoms with Gasteiger partial charge in [0.05, 0.1) is 11.9 Å². The Kier molecular flexibility index (Phi) is 6.01. The number of hydrogen-bond donors (Lipinski definition) is 2. The zero-order valence-corrected chi connectivity index (χ0v) is 17.1. The smallest absolute Gasteiger partial charge is 0.421 e. The third-order valence-corrected chi connectivity index (χ3v) is 4.04. The SMILES string of the molecule is CC(C)(C)OC(=O)n1c(-c2ccc(NC(=O)C=Cc3ccccc3)cc2)cnc1N. The molecule has 0 atom stereocenters. The van der Waals surface area contributed by atoms with Gasteiger partial charge in [-0.25, -0.2) is 14.3 Å². The molecule has 154 valence electrons. The molecule has 0 aliphatic carbocycles. The van der Waals surface area contributed by atoms with E-state index in [0.29, 0.717) is 16.9 Å². The van der Waals surface area contributed by atoms with Crippen LogP contribution in [-0.2, 0) is 9.53 Å². The number of nitrogens with two attached hydrogens (primary N) is 1. The number of nitrogen functional groups attached to an aromatic ring is 1. The Hall–Kier alpha value is -3.87. The number of ether oxygens (including phenoxy) is 1. The standard InChI is InChI=1S/C23H24N4O3/c1-23(2,3)30-22(29)27-19(15-25-21(27)24)17-10-12-18(13-11-17)26-20(28)14-9-16-7-5-4-6-8-16/h4-15H,1-3H3,(H2,24,25)(H,26,28). The Balaban J connectivity index is 1.73. The van der Waals surface area contributed by atoms with Crippen LogP contribution in [0.15, 0.2) is 66.9 Å². The van der Waals surface area contributed by atoms with Gasteiger partial charge in [0.2, 0.25) is 11.9 Å². The molecular weight excluding hydrogens is 380 g/mol. The Bertz CT molecular complexity index is 1060. The lowest BCUT2D eigenvalue weighted by atomic mass is 10.1. The van der Waals surface area contributed by atoms with Crippen LogP contribution in [-0.4, -0.2) is 27.2 Å². The average molecular weight is 404 g/mol. The molecule has 2 aromatic carbocycles. The first-order chi connectivity index (χ1) is 14.2. The Labute approximate surface area is 175 Å². The molecule has 0 aliphatic rings. The van der Waals surface area contributed by atoms with Crippen molar-refractivity contribution in [1.29, 1.82) is 0 Å². The highest BCUT2D eigenvalue weighted by atomic mass is 16.6. The molecule has 7 heteroatoms. The fraction of sp³-hybridized carbons (Fsp3) is 0.174. The van der Waals surface area contributed by atoms with E-state index >= 15 is 0 Å². The van der Waals surface area contributed by atoms with Gasteiger partial charge in [0.15, 0.2) is 0 Å². The number of nitrogens with one attached hydrogen (secondary N) is 1. The number of carbonyl (C=O) groups is 2. The lowest BCUT2D eigenvalue weighted by molar-refractivity contribution is -0.111. The third kappa shape index (κ3) is 5.35. The van der Waals surface area contributed by atoms with E-state index in [1.54, 1.807) is 51.1 Å². The summed E-state index contributed by atoms with van der Waals surface area (Å²) in [5.41, 5.74) is 7.98. The minimum absolute atomic E-state index is 0.0441. The third-order valence-electron chi connectivity index (χ3n) is 4.04. The van der Waals surface area contributed by atoms with E-state index in [9.17, 15) is 9.59 Å². The Morgan fingerprint density at radius 1 is 1.07 bits per heavy atom. The van der Waals surface area contributed by atoms with E-state index in [2.05, 4.69) is 10.3 Å². The highest BCUT2D eigenvalue weighted by Gasteiger charge is 2.22. The monoisotopic (exact) mass is 404 g/mol. The van der Waals surface area contributed by atoms with Crippen LogP contribution >= 0.6 is 0 Å². The highest BCUT2D eigenvalue weighted by molar-refractivity contribution is 6.02. The van der Waals surface area contributed by atoms with Crippen LogP contribution in [0, 0.1) is 0 Å². The molecule has 7 nitrogen and oxygen atoms in total. The molecule has 1 heterocycles. The number of nitrogens with zero attached hydrogens (tertiary/aromatic N) is 2. The quantitative estimate of drug-likeness (QED) is 0.621. The first-order valence-corrected chi connectivity index (χ1v) is 9.44. The summed E-state index contributed by atoms with van der Waals surface area (Å²) < 4.78 is 6.63. The van der Waals surface area contributed by atoms with Gasteiger partial charge in [0.1, 0.15) is 5.60 Å². The van der Waals surface area contributed by atoms with Crippen molar-refractivity contribution in [2.24, 2.45) is 0 Å². The van der Waals surface area contributed by atoms with E-state index in [1.165, 1.54) is 16.8 Å². The first-order valence-electron chi connectivity index (χ1n) is 9.44. The van der Waals surface area contributed by atoms with E-state index < -0.39 is 11.7 Å². The molecule has 0 aliphatic heterocycles. The minimum atomic E-state index is -0.660. The molecule has 1 amide bonds. The molecule has 1 aromatic heterocycles. The van der Waals surface area contributed by atoms with Crippen molar-refractivity contribution in [1.82, 2.24) is 9.55 Å².